The molecule has 0 aliphatic rings. The van der Waals surface area contributed by atoms with Crippen molar-refractivity contribution in [3.8, 4) is 0 Å². The van der Waals surface area contributed by atoms with Crippen molar-refractivity contribution < 1.29 is 18.0 Å². The van der Waals surface area contributed by atoms with Gasteiger partial charge in [-0.1, -0.05) is 34.1 Å². The number of carbonyl (C=O) groups is 2. The number of amides is 2. The molecule has 9 heteroatoms. The van der Waals surface area contributed by atoms with E-state index in [-0.39, 0.29) is 31.3 Å². The second-order valence-electron chi connectivity index (χ2n) is 10.3. The minimum Gasteiger partial charge on any atom is -0.350 e. The van der Waals surface area contributed by atoms with E-state index in [1.165, 1.54) is 10.6 Å². The van der Waals surface area contributed by atoms with Gasteiger partial charge in [0.05, 0.1) is 11.9 Å². The Labute approximate surface area is 224 Å². The normalized spacial score (nSPS) is 12.7. The molecule has 0 aliphatic heterocycles. The molecule has 0 aliphatic carbocycles. The first-order valence-corrected chi connectivity index (χ1v) is 14.6. The topological polar surface area (TPSA) is 86.8 Å². The molecule has 0 bridgehead atoms. The second kappa shape index (κ2) is 12.2. The van der Waals surface area contributed by atoms with Gasteiger partial charge in [-0.05, 0) is 88.9 Å². The van der Waals surface area contributed by atoms with E-state index in [1.807, 2.05) is 71.0 Å². The Kier molecular flexibility index (Phi) is 10.1. The standard InChI is InChI=1S/C27H38BrN3O4S/c1-19-10-15-24(17-20(19)2)31(36(7,34)35)16-8-9-25(32)30(18-22-11-13-23(28)14-12-22)21(3)26(33)29-27(4,5)6/h10-15,17,21H,8-9,16,18H2,1-7H3,(H,29,33)/t21-/m0/s1. The summed E-state index contributed by atoms with van der Waals surface area (Å²) in [6, 6.07) is 12.4. The first-order valence-electron chi connectivity index (χ1n) is 12.0. The van der Waals surface area contributed by atoms with E-state index >= 15 is 0 Å². The number of nitrogens with one attached hydrogen (secondary N) is 1. The van der Waals surface area contributed by atoms with Crippen molar-refractivity contribution in [2.45, 2.75) is 72.5 Å². The van der Waals surface area contributed by atoms with E-state index in [4.69, 9.17) is 0 Å². The molecular weight excluding hydrogens is 542 g/mol. The van der Waals surface area contributed by atoms with Gasteiger partial charge >= 0.3 is 0 Å². The van der Waals surface area contributed by atoms with Crippen LogP contribution in [0.5, 0.6) is 0 Å². The fraction of sp³-hybridized carbons (Fsp3) is 0.481. The molecule has 1 N–H and O–H groups in total. The first kappa shape index (κ1) is 29.8. The number of anilines is 1. The quantitative estimate of drug-likeness (QED) is 0.431. The Morgan fingerprint density at radius 2 is 1.64 bits per heavy atom. The summed E-state index contributed by atoms with van der Waals surface area (Å²) in [5.41, 5.74) is 3.12. The maximum absolute atomic E-state index is 13.4. The minimum absolute atomic E-state index is 0.112. The van der Waals surface area contributed by atoms with Gasteiger partial charge in [0.25, 0.3) is 0 Å². The molecule has 7 nitrogen and oxygen atoms in total. The summed E-state index contributed by atoms with van der Waals surface area (Å²) >= 11 is 3.42. The predicted octanol–water partition coefficient (Wildman–Crippen LogP) is 4.94. The van der Waals surface area contributed by atoms with Crippen molar-refractivity contribution in [3.05, 3.63) is 63.6 Å². The Morgan fingerprint density at radius 1 is 1.03 bits per heavy atom. The lowest BCUT2D eigenvalue weighted by atomic mass is 10.1. The number of benzene rings is 2. The lowest BCUT2D eigenvalue weighted by Crippen LogP contribution is -2.52. The van der Waals surface area contributed by atoms with Gasteiger partial charge in [-0.3, -0.25) is 13.9 Å². The second-order valence-corrected chi connectivity index (χ2v) is 13.1. The van der Waals surface area contributed by atoms with Crippen LogP contribution in [0.2, 0.25) is 0 Å². The SMILES string of the molecule is Cc1ccc(N(CCCC(=O)N(Cc2ccc(Br)cc2)[C@@H](C)C(=O)NC(C)(C)C)S(C)(=O)=O)cc1C. The summed E-state index contributed by atoms with van der Waals surface area (Å²) in [4.78, 5) is 27.8. The number of hydrogen-bond acceptors (Lipinski definition) is 4. The fourth-order valence-corrected chi connectivity index (χ4v) is 4.95. The van der Waals surface area contributed by atoms with Gasteiger partial charge in [0.1, 0.15) is 6.04 Å². The number of hydrogen-bond donors (Lipinski definition) is 1. The molecule has 0 saturated carbocycles. The average molecular weight is 581 g/mol. The third kappa shape index (κ3) is 8.92. The summed E-state index contributed by atoms with van der Waals surface area (Å²) in [5, 5.41) is 2.95. The van der Waals surface area contributed by atoms with Crippen LogP contribution in [0.3, 0.4) is 0 Å². The van der Waals surface area contributed by atoms with E-state index < -0.39 is 21.6 Å². The van der Waals surface area contributed by atoms with Crippen LogP contribution in [-0.4, -0.2) is 49.5 Å². The van der Waals surface area contributed by atoms with Crippen LogP contribution in [0, 0.1) is 13.8 Å². The van der Waals surface area contributed by atoms with Crippen LogP contribution >= 0.6 is 15.9 Å². The smallest absolute Gasteiger partial charge is 0.242 e. The van der Waals surface area contributed by atoms with Crippen molar-refractivity contribution >= 4 is 43.5 Å². The fourth-order valence-electron chi connectivity index (χ4n) is 3.73. The Hall–Kier alpha value is -2.39. The highest BCUT2D eigenvalue weighted by Gasteiger charge is 2.28. The summed E-state index contributed by atoms with van der Waals surface area (Å²) in [6.45, 7) is 11.8. The van der Waals surface area contributed by atoms with E-state index in [9.17, 15) is 18.0 Å². The largest absolute Gasteiger partial charge is 0.350 e. The Bertz CT molecular complexity index is 1170. The van der Waals surface area contributed by atoms with Gasteiger partial charge in [-0.25, -0.2) is 8.42 Å². The van der Waals surface area contributed by atoms with Crippen LogP contribution in [0.1, 0.15) is 57.2 Å². The number of aryl methyl sites for hydroxylation is 2. The highest BCUT2D eigenvalue weighted by Crippen LogP contribution is 2.22. The van der Waals surface area contributed by atoms with Crippen LogP contribution in [-0.2, 0) is 26.2 Å². The van der Waals surface area contributed by atoms with Crippen molar-refractivity contribution in [2.24, 2.45) is 0 Å². The zero-order chi connectivity index (χ0) is 27.3. The Balaban J connectivity index is 2.20. The number of carbonyl (C=O) groups excluding carboxylic acids is 2. The van der Waals surface area contributed by atoms with Gasteiger partial charge in [-0.15, -0.1) is 0 Å². The van der Waals surface area contributed by atoms with Crippen molar-refractivity contribution in [2.75, 3.05) is 17.1 Å². The van der Waals surface area contributed by atoms with Gasteiger partial charge in [0, 0.05) is 29.5 Å². The van der Waals surface area contributed by atoms with Gasteiger partial charge < -0.3 is 10.2 Å². The zero-order valence-electron chi connectivity index (χ0n) is 22.3. The maximum atomic E-state index is 13.4. The molecular formula is C27H38BrN3O4S. The number of sulfonamides is 1. The molecule has 0 fully saturated rings. The van der Waals surface area contributed by atoms with E-state index in [2.05, 4.69) is 21.2 Å². The van der Waals surface area contributed by atoms with E-state index in [0.717, 1.165) is 21.2 Å². The maximum Gasteiger partial charge on any atom is 0.242 e. The van der Waals surface area contributed by atoms with Crippen LogP contribution in [0.15, 0.2) is 46.9 Å². The van der Waals surface area contributed by atoms with Crippen molar-refractivity contribution in [3.63, 3.8) is 0 Å². The van der Waals surface area contributed by atoms with Crippen molar-refractivity contribution in [1.82, 2.24) is 10.2 Å². The third-order valence-electron chi connectivity index (χ3n) is 5.86. The predicted molar refractivity (Wildman–Crippen MR) is 149 cm³/mol. The summed E-state index contributed by atoms with van der Waals surface area (Å²) in [6.07, 6.45) is 1.60. The van der Waals surface area contributed by atoms with Crippen LogP contribution < -0.4 is 9.62 Å². The summed E-state index contributed by atoms with van der Waals surface area (Å²) in [5.74, 6) is -0.441. The molecule has 198 valence electrons. The zero-order valence-corrected chi connectivity index (χ0v) is 24.7. The molecule has 36 heavy (non-hydrogen) atoms. The monoisotopic (exact) mass is 579 g/mol. The molecule has 2 aromatic carbocycles. The Morgan fingerprint density at radius 3 is 2.17 bits per heavy atom. The molecule has 0 spiro atoms. The molecule has 1 atom stereocenters. The number of rotatable bonds is 10. The molecule has 0 radical (unpaired) electrons. The highest BCUT2D eigenvalue weighted by atomic mass is 79.9. The first-order chi connectivity index (χ1) is 16.6. The number of nitrogens with zero attached hydrogens (tertiary/aromatic N) is 2. The minimum atomic E-state index is -3.53. The molecule has 0 saturated heterocycles. The van der Waals surface area contributed by atoms with Gasteiger partial charge in [0.2, 0.25) is 21.8 Å². The molecule has 0 unspecified atom stereocenters. The average Bonchev–Trinajstić information content (AvgIpc) is 2.75. The van der Waals surface area contributed by atoms with Gasteiger partial charge in [-0.2, -0.15) is 0 Å². The van der Waals surface area contributed by atoms with E-state index in [0.29, 0.717) is 12.1 Å². The van der Waals surface area contributed by atoms with E-state index in [1.54, 1.807) is 17.9 Å². The molecule has 0 aromatic heterocycles. The van der Waals surface area contributed by atoms with Crippen LogP contribution in [0.25, 0.3) is 0 Å². The van der Waals surface area contributed by atoms with Gasteiger partial charge in [0.15, 0.2) is 0 Å². The lowest BCUT2D eigenvalue weighted by molar-refractivity contribution is -0.141. The summed E-state index contributed by atoms with van der Waals surface area (Å²) < 4.78 is 27.3. The van der Waals surface area contributed by atoms with Crippen molar-refractivity contribution in [1.29, 1.82) is 0 Å². The molecule has 2 amide bonds. The molecule has 0 heterocycles. The highest BCUT2D eigenvalue weighted by molar-refractivity contribution is 9.10. The van der Waals surface area contributed by atoms with Crippen LogP contribution in [0.4, 0.5) is 5.69 Å². The molecule has 2 rings (SSSR count). The lowest BCUT2D eigenvalue weighted by Gasteiger charge is -2.32. The third-order valence-corrected chi connectivity index (χ3v) is 7.59. The number of halogens is 1. The summed E-state index contributed by atoms with van der Waals surface area (Å²) in [7, 11) is -3.53. The molecule has 2 aromatic rings.